The van der Waals surface area contributed by atoms with Crippen molar-refractivity contribution in [2.24, 2.45) is 5.92 Å². The van der Waals surface area contributed by atoms with E-state index in [1.165, 1.54) is 5.56 Å². The number of rotatable bonds is 6. The van der Waals surface area contributed by atoms with Crippen LogP contribution in [0.15, 0.2) is 48.5 Å². The summed E-state index contributed by atoms with van der Waals surface area (Å²) >= 11 is 0. The number of nitrogens with zero attached hydrogens (tertiary/aromatic N) is 2. The maximum atomic E-state index is 12.8. The van der Waals surface area contributed by atoms with Gasteiger partial charge in [-0.3, -0.25) is 4.79 Å². The number of para-hydroxylation sites is 2. The van der Waals surface area contributed by atoms with Gasteiger partial charge < -0.3 is 9.88 Å². The molecule has 26 heavy (non-hydrogen) atoms. The topological polar surface area (TPSA) is 46.9 Å². The normalized spacial score (nSPS) is 12.5. The van der Waals surface area contributed by atoms with Gasteiger partial charge in [-0.15, -0.1) is 0 Å². The summed E-state index contributed by atoms with van der Waals surface area (Å²) in [4.78, 5) is 17.3. The van der Waals surface area contributed by atoms with Crippen molar-refractivity contribution in [3.05, 3.63) is 65.5 Å². The Bertz CT molecular complexity index is 893. The number of aryl methyl sites for hydroxylation is 2. The van der Waals surface area contributed by atoms with E-state index in [9.17, 15) is 4.79 Å². The molecular weight excluding hydrogens is 322 g/mol. The molecule has 2 aromatic carbocycles. The van der Waals surface area contributed by atoms with Gasteiger partial charge in [0.05, 0.1) is 17.1 Å². The van der Waals surface area contributed by atoms with Gasteiger partial charge in [-0.1, -0.05) is 57.2 Å². The molecule has 0 spiro atoms. The zero-order chi connectivity index (χ0) is 18.7. The Balaban J connectivity index is 1.78. The molecular formula is C22H27N3O. The van der Waals surface area contributed by atoms with Gasteiger partial charge in [0.25, 0.3) is 0 Å². The molecule has 1 aromatic heterocycles. The van der Waals surface area contributed by atoms with Crippen molar-refractivity contribution in [2.75, 3.05) is 0 Å². The lowest BCUT2D eigenvalue weighted by Crippen LogP contribution is -2.34. The quantitative estimate of drug-likeness (QED) is 0.716. The lowest BCUT2D eigenvalue weighted by Gasteiger charge is -2.23. The molecule has 0 radical (unpaired) electrons. The van der Waals surface area contributed by atoms with Crippen LogP contribution in [0.5, 0.6) is 0 Å². The van der Waals surface area contributed by atoms with Gasteiger partial charge in [-0.05, 0) is 42.5 Å². The van der Waals surface area contributed by atoms with Crippen LogP contribution in [0.4, 0.5) is 0 Å². The maximum Gasteiger partial charge on any atom is 0.240 e. The largest absolute Gasteiger partial charge is 0.347 e. The highest BCUT2D eigenvalue weighted by molar-refractivity contribution is 5.81. The molecule has 0 aliphatic heterocycles. The molecule has 3 rings (SSSR count). The zero-order valence-electron chi connectivity index (χ0n) is 16.0. The number of hydrogen-bond donors (Lipinski definition) is 1. The van der Waals surface area contributed by atoms with Crippen LogP contribution >= 0.6 is 0 Å². The van der Waals surface area contributed by atoms with E-state index in [0.29, 0.717) is 5.92 Å². The molecule has 0 unspecified atom stereocenters. The number of aromatic nitrogens is 2. The summed E-state index contributed by atoms with van der Waals surface area (Å²) in [6.07, 6.45) is 1.02. The van der Waals surface area contributed by atoms with Gasteiger partial charge in [0.2, 0.25) is 5.91 Å². The van der Waals surface area contributed by atoms with Crippen LogP contribution in [0.25, 0.3) is 11.0 Å². The van der Waals surface area contributed by atoms with E-state index in [0.717, 1.165) is 28.8 Å². The van der Waals surface area contributed by atoms with Crippen LogP contribution < -0.4 is 5.32 Å². The summed E-state index contributed by atoms with van der Waals surface area (Å²) < 4.78 is 1.97. The number of carbonyl (C=O) groups excluding carboxylic acids is 1. The van der Waals surface area contributed by atoms with E-state index in [1.807, 2.05) is 35.8 Å². The molecule has 4 heteroatoms. The van der Waals surface area contributed by atoms with Crippen LogP contribution in [0.3, 0.4) is 0 Å². The average molecular weight is 349 g/mol. The van der Waals surface area contributed by atoms with E-state index in [-0.39, 0.29) is 18.5 Å². The van der Waals surface area contributed by atoms with Crippen LogP contribution in [0.2, 0.25) is 0 Å². The molecule has 0 bridgehead atoms. The lowest BCUT2D eigenvalue weighted by molar-refractivity contribution is -0.122. The van der Waals surface area contributed by atoms with Crippen molar-refractivity contribution >= 4 is 16.9 Å². The predicted molar refractivity (Wildman–Crippen MR) is 106 cm³/mol. The first-order chi connectivity index (χ1) is 12.5. The van der Waals surface area contributed by atoms with Crippen molar-refractivity contribution < 1.29 is 4.79 Å². The molecule has 1 N–H and O–H groups in total. The average Bonchev–Trinajstić information content (AvgIpc) is 2.95. The number of fused-ring (bicyclic) bond motifs is 1. The standard InChI is InChI=1S/C22H27N3O/c1-5-17-10-12-18(13-11-17)22(15(2)3)24-21(26)14-25-16(4)23-19-8-6-7-9-20(19)25/h6-13,15,22H,5,14H2,1-4H3,(H,24,26)/t22-/m0/s1. The summed E-state index contributed by atoms with van der Waals surface area (Å²) in [6.45, 7) is 8.64. The van der Waals surface area contributed by atoms with Gasteiger partial charge in [0.1, 0.15) is 12.4 Å². The van der Waals surface area contributed by atoms with Gasteiger partial charge in [0.15, 0.2) is 0 Å². The Morgan fingerprint density at radius 3 is 2.46 bits per heavy atom. The fraction of sp³-hybridized carbons (Fsp3) is 0.364. The number of benzene rings is 2. The fourth-order valence-electron chi connectivity index (χ4n) is 3.35. The second-order valence-electron chi connectivity index (χ2n) is 7.12. The third-order valence-electron chi connectivity index (χ3n) is 4.88. The third-order valence-corrected chi connectivity index (χ3v) is 4.88. The summed E-state index contributed by atoms with van der Waals surface area (Å²) in [5.74, 6) is 1.18. The third kappa shape index (κ3) is 3.79. The molecule has 3 aromatic rings. The molecule has 0 saturated heterocycles. The van der Waals surface area contributed by atoms with Crippen molar-refractivity contribution in [2.45, 2.75) is 46.7 Å². The highest BCUT2D eigenvalue weighted by Gasteiger charge is 2.19. The number of amides is 1. The molecule has 4 nitrogen and oxygen atoms in total. The van der Waals surface area contributed by atoms with Crippen molar-refractivity contribution in [1.82, 2.24) is 14.9 Å². The first kappa shape index (κ1) is 18.2. The molecule has 1 amide bonds. The van der Waals surface area contributed by atoms with Crippen molar-refractivity contribution in [3.8, 4) is 0 Å². The van der Waals surface area contributed by atoms with E-state index in [4.69, 9.17) is 0 Å². The van der Waals surface area contributed by atoms with Gasteiger partial charge >= 0.3 is 0 Å². The van der Waals surface area contributed by atoms with Crippen LogP contribution in [0.1, 0.15) is 43.8 Å². The van der Waals surface area contributed by atoms with Gasteiger partial charge in [0, 0.05) is 0 Å². The summed E-state index contributed by atoms with van der Waals surface area (Å²) in [7, 11) is 0. The molecule has 136 valence electrons. The van der Waals surface area contributed by atoms with E-state index in [1.54, 1.807) is 0 Å². The van der Waals surface area contributed by atoms with E-state index >= 15 is 0 Å². The van der Waals surface area contributed by atoms with E-state index < -0.39 is 0 Å². The van der Waals surface area contributed by atoms with Crippen LogP contribution in [-0.2, 0) is 17.8 Å². The molecule has 0 aliphatic rings. The Morgan fingerprint density at radius 2 is 1.81 bits per heavy atom. The molecule has 0 fully saturated rings. The zero-order valence-corrected chi connectivity index (χ0v) is 16.0. The number of carbonyl (C=O) groups is 1. The Hall–Kier alpha value is -2.62. The Labute approximate surface area is 155 Å². The summed E-state index contributed by atoms with van der Waals surface area (Å²) in [5, 5.41) is 3.21. The molecule has 0 saturated carbocycles. The smallest absolute Gasteiger partial charge is 0.240 e. The second-order valence-corrected chi connectivity index (χ2v) is 7.12. The maximum absolute atomic E-state index is 12.8. The summed E-state index contributed by atoms with van der Waals surface area (Å²) in [6, 6.07) is 16.5. The molecule has 0 aliphatic carbocycles. The number of imidazole rings is 1. The first-order valence-electron chi connectivity index (χ1n) is 9.29. The lowest BCUT2D eigenvalue weighted by atomic mass is 9.95. The predicted octanol–water partition coefficient (Wildman–Crippen LogP) is 4.42. The van der Waals surface area contributed by atoms with Crippen molar-refractivity contribution in [1.29, 1.82) is 0 Å². The Morgan fingerprint density at radius 1 is 1.12 bits per heavy atom. The molecule has 1 heterocycles. The Kier molecular flexibility index (Phi) is 5.40. The van der Waals surface area contributed by atoms with Gasteiger partial charge in [-0.25, -0.2) is 4.98 Å². The monoisotopic (exact) mass is 349 g/mol. The van der Waals surface area contributed by atoms with E-state index in [2.05, 4.69) is 55.3 Å². The first-order valence-corrected chi connectivity index (χ1v) is 9.29. The van der Waals surface area contributed by atoms with Crippen LogP contribution in [0, 0.1) is 12.8 Å². The molecule has 1 atom stereocenters. The minimum Gasteiger partial charge on any atom is -0.347 e. The minimum absolute atomic E-state index is 0.00324. The fourth-order valence-corrected chi connectivity index (χ4v) is 3.35. The SMILES string of the molecule is CCc1ccc([C@@H](NC(=O)Cn2c(C)nc3ccccc32)C(C)C)cc1. The van der Waals surface area contributed by atoms with Gasteiger partial charge in [-0.2, -0.15) is 0 Å². The summed E-state index contributed by atoms with van der Waals surface area (Å²) in [5.41, 5.74) is 4.38. The van der Waals surface area contributed by atoms with Crippen molar-refractivity contribution in [3.63, 3.8) is 0 Å². The highest BCUT2D eigenvalue weighted by Crippen LogP contribution is 2.23. The minimum atomic E-state index is 0.00324. The number of hydrogen-bond acceptors (Lipinski definition) is 2. The highest BCUT2D eigenvalue weighted by atomic mass is 16.2. The van der Waals surface area contributed by atoms with Crippen LogP contribution in [-0.4, -0.2) is 15.5 Å². The second kappa shape index (κ2) is 7.73. The number of nitrogens with one attached hydrogen (secondary N) is 1.